The molecule has 1 aliphatic rings. The van der Waals surface area contributed by atoms with Crippen molar-refractivity contribution in [1.29, 1.82) is 0 Å². The molecule has 1 unspecified atom stereocenters. The molecule has 0 aromatic carbocycles. The fourth-order valence-electron chi connectivity index (χ4n) is 1.29. The largest absolute Gasteiger partial charge is 0.372 e. The molecule has 0 bridgehead atoms. The second kappa shape index (κ2) is 6.38. The van der Waals surface area contributed by atoms with Gasteiger partial charge in [-0.15, -0.1) is 0 Å². The molecule has 1 amide bonds. The highest BCUT2D eigenvalue weighted by molar-refractivity contribution is 5.45. The van der Waals surface area contributed by atoms with Gasteiger partial charge in [-0.2, -0.15) is 0 Å². The number of carbonyl (C=O) groups excluding carboxylic acids is 1. The van der Waals surface area contributed by atoms with Gasteiger partial charge in [0.25, 0.3) is 0 Å². The summed E-state index contributed by atoms with van der Waals surface area (Å²) >= 11 is 0. The van der Waals surface area contributed by atoms with Gasteiger partial charge >= 0.3 is 0 Å². The SMILES string of the molecule is CC(CNC=O)OCC1=CCCC=C1. The standard InChI is InChI=1S/C11H17NO2/c1-10(7-12-9-13)14-8-11-5-3-2-4-6-11/h3,5-6,9-10H,2,4,7-8H2,1H3,(H,12,13). The zero-order valence-electron chi connectivity index (χ0n) is 8.53. The molecule has 0 saturated heterocycles. The molecule has 78 valence electrons. The van der Waals surface area contributed by atoms with Crippen molar-refractivity contribution in [3.63, 3.8) is 0 Å². The van der Waals surface area contributed by atoms with Gasteiger partial charge in [-0.05, 0) is 25.3 Å². The molecule has 0 aromatic heterocycles. The van der Waals surface area contributed by atoms with Gasteiger partial charge < -0.3 is 10.1 Å². The van der Waals surface area contributed by atoms with Crippen LogP contribution in [0.5, 0.6) is 0 Å². The van der Waals surface area contributed by atoms with E-state index in [1.807, 2.05) is 6.92 Å². The number of hydrogen-bond donors (Lipinski definition) is 1. The molecule has 1 N–H and O–H groups in total. The predicted octanol–water partition coefficient (Wildman–Crippen LogP) is 1.41. The Hall–Kier alpha value is -1.09. The van der Waals surface area contributed by atoms with E-state index < -0.39 is 0 Å². The summed E-state index contributed by atoms with van der Waals surface area (Å²) in [5.41, 5.74) is 1.23. The van der Waals surface area contributed by atoms with Crippen LogP contribution in [0.2, 0.25) is 0 Å². The van der Waals surface area contributed by atoms with E-state index in [4.69, 9.17) is 4.74 Å². The van der Waals surface area contributed by atoms with Crippen LogP contribution in [-0.2, 0) is 9.53 Å². The summed E-state index contributed by atoms with van der Waals surface area (Å²) in [6.45, 7) is 3.16. The molecule has 1 rings (SSSR count). The highest BCUT2D eigenvalue weighted by Crippen LogP contribution is 2.10. The Morgan fingerprint density at radius 3 is 3.14 bits per heavy atom. The number of allylic oxidation sites excluding steroid dienone is 2. The van der Waals surface area contributed by atoms with Crippen molar-refractivity contribution in [1.82, 2.24) is 5.32 Å². The fraction of sp³-hybridized carbons (Fsp3) is 0.545. The van der Waals surface area contributed by atoms with Crippen LogP contribution in [0.3, 0.4) is 0 Å². The van der Waals surface area contributed by atoms with Crippen molar-refractivity contribution in [2.24, 2.45) is 0 Å². The maximum Gasteiger partial charge on any atom is 0.207 e. The summed E-state index contributed by atoms with van der Waals surface area (Å²) in [4.78, 5) is 10.0. The van der Waals surface area contributed by atoms with Crippen molar-refractivity contribution in [3.8, 4) is 0 Å². The third-order valence-corrected chi connectivity index (χ3v) is 2.09. The van der Waals surface area contributed by atoms with Crippen LogP contribution in [0.1, 0.15) is 19.8 Å². The number of rotatable bonds is 6. The minimum atomic E-state index is 0.0661. The third kappa shape index (κ3) is 4.23. The van der Waals surface area contributed by atoms with Crippen LogP contribution in [0.15, 0.2) is 23.8 Å². The zero-order valence-corrected chi connectivity index (χ0v) is 8.53. The number of nitrogens with one attached hydrogen (secondary N) is 1. The monoisotopic (exact) mass is 195 g/mol. The van der Waals surface area contributed by atoms with Gasteiger partial charge in [-0.1, -0.05) is 18.2 Å². The van der Waals surface area contributed by atoms with Gasteiger partial charge in [0.1, 0.15) is 0 Å². The first-order chi connectivity index (χ1) is 6.83. The van der Waals surface area contributed by atoms with E-state index in [1.165, 1.54) is 5.57 Å². The lowest BCUT2D eigenvalue weighted by Crippen LogP contribution is -2.26. The number of carbonyl (C=O) groups is 1. The van der Waals surface area contributed by atoms with Gasteiger partial charge in [0.15, 0.2) is 0 Å². The third-order valence-electron chi connectivity index (χ3n) is 2.09. The fourth-order valence-corrected chi connectivity index (χ4v) is 1.29. The number of hydrogen-bond acceptors (Lipinski definition) is 2. The molecule has 0 spiro atoms. The van der Waals surface area contributed by atoms with Gasteiger partial charge in [0.05, 0.1) is 12.7 Å². The maximum atomic E-state index is 10.0. The Bertz CT molecular complexity index is 233. The molecule has 0 fully saturated rings. The Morgan fingerprint density at radius 1 is 1.64 bits per heavy atom. The van der Waals surface area contributed by atoms with Gasteiger partial charge in [0, 0.05) is 6.54 Å². The Kier molecular flexibility index (Phi) is 5.00. The summed E-state index contributed by atoms with van der Waals surface area (Å²) in [5, 5.41) is 2.59. The lowest BCUT2D eigenvalue weighted by atomic mass is 10.1. The van der Waals surface area contributed by atoms with Crippen LogP contribution in [0, 0.1) is 0 Å². The molecule has 1 aliphatic carbocycles. The average Bonchev–Trinajstić information content (AvgIpc) is 2.25. The Morgan fingerprint density at radius 2 is 2.50 bits per heavy atom. The van der Waals surface area contributed by atoms with Crippen molar-refractivity contribution in [2.45, 2.75) is 25.9 Å². The summed E-state index contributed by atoms with van der Waals surface area (Å²) < 4.78 is 5.54. The van der Waals surface area contributed by atoms with Crippen LogP contribution in [0.25, 0.3) is 0 Å². The first kappa shape index (κ1) is 11.0. The molecule has 0 heterocycles. The smallest absolute Gasteiger partial charge is 0.207 e. The van der Waals surface area contributed by atoms with Crippen LogP contribution in [-0.4, -0.2) is 25.7 Å². The Labute approximate surface area is 84.8 Å². The highest BCUT2D eigenvalue weighted by atomic mass is 16.5. The number of amides is 1. The lowest BCUT2D eigenvalue weighted by molar-refractivity contribution is -0.110. The number of ether oxygens (including phenoxy) is 1. The molecule has 14 heavy (non-hydrogen) atoms. The molecule has 3 nitrogen and oxygen atoms in total. The maximum absolute atomic E-state index is 10.0. The minimum Gasteiger partial charge on any atom is -0.372 e. The van der Waals surface area contributed by atoms with Gasteiger partial charge in [0.2, 0.25) is 6.41 Å². The predicted molar refractivity (Wildman–Crippen MR) is 55.9 cm³/mol. The summed E-state index contributed by atoms with van der Waals surface area (Å²) in [5.74, 6) is 0. The van der Waals surface area contributed by atoms with Gasteiger partial charge in [-0.3, -0.25) is 4.79 Å². The molecule has 3 heteroatoms. The summed E-state index contributed by atoms with van der Waals surface area (Å²) in [7, 11) is 0. The van der Waals surface area contributed by atoms with E-state index in [2.05, 4.69) is 23.5 Å². The second-order valence-corrected chi connectivity index (χ2v) is 3.41. The Balaban J connectivity index is 2.15. The van der Waals surface area contributed by atoms with E-state index in [9.17, 15) is 4.79 Å². The summed E-state index contributed by atoms with van der Waals surface area (Å²) in [6.07, 6.45) is 9.45. The molecular weight excluding hydrogens is 178 g/mol. The molecular formula is C11H17NO2. The lowest BCUT2D eigenvalue weighted by Gasteiger charge is -2.13. The molecule has 0 aliphatic heterocycles. The van der Waals surface area contributed by atoms with E-state index in [1.54, 1.807) is 0 Å². The van der Waals surface area contributed by atoms with Crippen molar-refractivity contribution < 1.29 is 9.53 Å². The molecule has 1 atom stereocenters. The second-order valence-electron chi connectivity index (χ2n) is 3.41. The van der Waals surface area contributed by atoms with E-state index in [-0.39, 0.29) is 6.10 Å². The van der Waals surface area contributed by atoms with Gasteiger partial charge in [-0.25, -0.2) is 0 Å². The van der Waals surface area contributed by atoms with Crippen molar-refractivity contribution in [2.75, 3.05) is 13.2 Å². The average molecular weight is 195 g/mol. The first-order valence-electron chi connectivity index (χ1n) is 4.97. The van der Waals surface area contributed by atoms with Crippen LogP contribution in [0.4, 0.5) is 0 Å². The minimum absolute atomic E-state index is 0.0661. The van der Waals surface area contributed by atoms with E-state index >= 15 is 0 Å². The zero-order chi connectivity index (χ0) is 10.2. The van der Waals surface area contributed by atoms with Crippen molar-refractivity contribution >= 4 is 6.41 Å². The normalized spacial score (nSPS) is 17.4. The molecule has 0 saturated carbocycles. The van der Waals surface area contributed by atoms with E-state index in [0.29, 0.717) is 19.6 Å². The first-order valence-corrected chi connectivity index (χ1v) is 4.97. The quantitative estimate of drug-likeness (QED) is 0.651. The molecule has 0 radical (unpaired) electrons. The highest BCUT2D eigenvalue weighted by Gasteiger charge is 2.03. The molecule has 0 aromatic rings. The van der Waals surface area contributed by atoms with Crippen LogP contribution < -0.4 is 5.32 Å². The van der Waals surface area contributed by atoms with Crippen molar-refractivity contribution in [3.05, 3.63) is 23.8 Å². The van der Waals surface area contributed by atoms with Crippen LogP contribution >= 0.6 is 0 Å². The van der Waals surface area contributed by atoms with E-state index in [0.717, 1.165) is 12.8 Å². The topological polar surface area (TPSA) is 38.3 Å². The summed E-state index contributed by atoms with van der Waals surface area (Å²) in [6, 6.07) is 0.